The van der Waals surface area contributed by atoms with E-state index in [9.17, 15) is 4.57 Å². The van der Waals surface area contributed by atoms with Gasteiger partial charge in [0.25, 0.3) is 7.44 Å². The van der Waals surface area contributed by atoms with Crippen molar-refractivity contribution < 1.29 is 4.57 Å². The molecule has 6 heteroatoms. The molecular formula is C20H29N4OP. The monoisotopic (exact) mass is 372 g/mol. The summed E-state index contributed by atoms with van der Waals surface area (Å²) in [5, 5.41) is 5.41. The lowest BCUT2D eigenvalue weighted by Gasteiger charge is -2.35. The molecule has 0 spiro atoms. The molecule has 0 unspecified atom stereocenters. The summed E-state index contributed by atoms with van der Waals surface area (Å²) < 4.78 is 18.3. The average molecular weight is 372 g/mol. The molecule has 0 aromatic heterocycles. The molecule has 5 nitrogen and oxygen atoms in total. The summed E-state index contributed by atoms with van der Waals surface area (Å²) in [6.45, 7) is 6.24. The molecule has 0 aliphatic carbocycles. The quantitative estimate of drug-likeness (QED) is 0.674. The van der Waals surface area contributed by atoms with E-state index in [4.69, 9.17) is 0 Å². The summed E-state index contributed by atoms with van der Waals surface area (Å²) in [4.78, 5) is 2.22. The maximum absolute atomic E-state index is 14.4. The number of likely N-dealkylation sites (N-methyl/N-ethyl adjacent to an activating group) is 1. The molecule has 0 radical (unpaired) electrons. The van der Waals surface area contributed by atoms with Crippen LogP contribution in [0.4, 0.5) is 5.69 Å². The van der Waals surface area contributed by atoms with Crippen molar-refractivity contribution in [1.82, 2.24) is 9.45 Å². The van der Waals surface area contributed by atoms with Gasteiger partial charge in [-0.25, -0.2) is 9.45 Å². The topological polar surface area (TPSA) is 39.1 Å². The first kappa shape index (κ1) is 17.8. The minimum atomic E-state index is -2.89. The Morgan fingerprint density at radius 1 is 1.04 bits per heavy atom. The Kier molecular flexibility index (Phi) is 4.28. The van der Waals surface area contributed by atoms with Crippen LogP contribution in [0.15, 0.2) is 40.4 Å². The SMILES string of the molecule is CN1/C(=C2\C=NN(C)[P@@]2(=O)N2CCCCCC2)C(C)(C)c2ccccc21. The third kappa shape index (κ3) is 2.40. The van der Waals surface area contributed by atoms with Crippen LogP contribution < -0.4 is 4.90 Å². The van der Waals surface area contributed by atoms with Crippen LogP contribution in [0.3, 0.4) is 0 Å². The zero-order valence-electron chi connectivity index (χ0n) is 16.3. The number of nitrogens with zero attached hydrogens (tertiary/aromatic N) is 4. The van der Waals surface area contributed by atoms with Gasteiger partial charge in [0.15, 0.2) is 0 Å². The van der Waals surface area contributed by atoms with Gasteiger partial charge in [-0.05, 0) is 24.5 Å². The molecule has 140 valence electrons. The number of benzene rings is 1. The number of rotatable bonds is 1. The number of para-hydroxylation sites is 1. The maximum Gasteiger partial charge on any atom is 0.287 e. The molecule has 1 atom stereocenters. The Morgan fingerprint density at radius 2 is 1.69 bits per heavy atom. The third-order valence-electron chi connectivity index (χ3n) is 6.13. The molecule has 0 N–H and O–H groups in total. The Morgan fingerprint density at radius 3 is 2.35 bits per heavy atom. The van der Waals surface area contributed by atoms with E-state index in [1.165, 1.54) is 24.1 Å². The van der Waals surface area contributed by atoms with Crippen LogP contribution in [-0.4, -0.2) is 42.8 Å². The Labute approximate surface area is 156 Å². The molecule has 0 saturated carbocycles. The standard InChI is InChI=1S/C20H29N4OP/c1-20(2)16-11-7-8-12-17(16)22(3)19(20)18-15-21-23(4)26(18,25)24-13-9-5-6-10-14-24/h7-8,11-12,15H,5-6,9-10,13-14H2,1-4H3/b19-18+/t26-/m1/s1. The van der Waals surface area contributed by atoms with Crippen LogP contribution in [0.25, 0.3) is 0 Å². The van der Waals surface area contributed by atoms with E-state index in [1.54, 1.807) is 4.78 Å². The number of allylic oxidation sites excluding steroid dienone is 2. The average Bonchev–Trinajstić information content (AvgIpc) is 2.91. The third-order valence-corrected chi connectivity index (χ3v) is 9.14. The van der Waals surface area contributed by atoms with Gasteiger partial charge in [0.1, 0.15) is 0 Å². The highest BCUT2D eigenvalue weighted by Crippen LogP contribution is 2.65. The van der Waals surface area contributed by atoms with Gasteiger partial charge < -0.3 is 4.90 Å². The van der Waals surface area contributed by atoms with Gasteiger partial charge in [0, 0.05) is 44.0 Å². The fourth-order valence-corrected chi connectivity index (χ4v) is 7.66. The van der Waals surface area contributed by atoms with Gasteiger partial charge >= 0.3 is 0 Å². The summed E-state index contributed by atoms with van der Waals surface area (Å²) in [6.07, 6.45) is 6.53. The highest BCUT2D eigenvalue weighted by molar-refractivity contribution is 7.65. The maximum atomic E-state index is 14.4. The summed E-state index contributed by atoms with van der Waals surface area (Å²) in [5.41, 5.74) is 3.42. The van der Waals surface area contributed by atoms with Crippen molar-refractivity contribution in [1.29, 1.82) is 0 Å². The Bertz CT molecular complexity index is 821. The molecule has 0 bridgehead atoms. The smallest absolute Gasteiger partial charge is 0.287 e. The van der Waals surface area contributed by atoms with E-state index in [0.29, 0.717) is 0 Å². The lowest BCUT2D eigenvalue weighted by Crippen LogP contribution is -2.31. The largest absolute Gasteiger partial charge is 0.346 e. The second kappa shape index (κ2) is 6.24. The molecule has 1 aromatic carbocycles. The van der Waals surface area contributed by atoms with Crippen molar-refractivity contribution in [2.75, 3.05) is 32.1 Å². The van der Waals surface area contributed by atoms with Gasteiger partial charge in [0.05, 0.1) is 11.5 Å². The zero-order chi connectivity index (χ0) is 18.5. The molecule has 4 rings (SSSR count). The van der Waals surface area contributed by atoms with E-state index < -0.39 is 7.44 Å². The van der Waals surface area contributed by atoms with E-state index in [-0.39, 0.29) is 5.41 Å². The van der Waals surface area contributed by atoms with Crippen molar-refractivity contribution >= 4 is 19.3 Å². The van der Waals surface area contributed by atoms with Gasteiger partial charge in [-0.1, -0.05) is 44.9 Å². The fraction of sp³-hybridized carbons (Fsp3) is 0.550. The van der Waals surface area contributed by atoms with Crippen molar-refractivity contribution in [3.05, 3.63) is 40.8 Å². The van der Waals surface area contributed by atoms with Crippen LogP contribution in [0, 0.1) is 0 Å². The predicted molar refractivity (Wildman–Crippen MR) is 109 cm³/mol. The summed E-state index contributed by atoms with van der Waals surface area (Å²) in [5.74, 6) is 0. The molecule has 3 aliphatic heterocycles. The van der Waals surface area contributed by atoms with E-state index >= 15 is 0 Å². The minimum Gasteiger partial charge on any atom is -0.346 e. The van der Waals surface area contributed by atoms with Crippen molar-refractivity contribution in [3.63, 3.8) is 0 Å². The fourth-order valence-electron chi connectivity index (χ4n) is 4.75. The molecular weight excluding hydrogens is 343 g/mol. The molecule has 1 fully saturated rings. The van der Waals surface area contributed by atoms with Crippen molar-refractivity contribution in [2.24, 2.45) is 5.10 Å². The summed E-state index contributed by atoms with van der Waals surface area (Å²) >= 11 is 0. The van der Waals surface area contributed by atoms with Gasteiger partial charge in [-0.2, -0.15) is 5.10 Å². The molecule has 3 heterocycles. The Hall–Kier alpha value is -1.58. The van der Waals surface area contributed by atoms with Gasteiger partial charge in [-0.15, -0.1) is 0 Å². The van der Waals surface area contributed by atoms with Crippen molar-refractivity contribution in [2.45, 2.75) is 44.9 Å². The van der Waals surface area contributed by atoms with Crippen LogP contribution in [0.1, 0.15) is 45.1 Å². The van der Waals surface area contributed by atoms with E-state index in [0.717, 1.165) is 36.9 Å². The first-order valence-corrected chi connectivity index (χ1v) is 11.2. The van der Waals surface area contributed by atoms with Gasteiger partial charge in [0.2, 0.25) is 0 Å². The number of anilines is 1. The zero-order valence-corrected chi connectivity index (χ0v) is 17.2. The first-order chi connectivity index (χ1) is 12.4. The second-order valence-electron chi connectivity index (χ2n) is 8.08. The molecule has 3 aliphatic rings. The minimum absolute atomic E-state index is 0.195. The van der Waals surface area contributed by atoms with Crippen LogP contribution >= 0.6 is 7.44 Å². The first-order valence-electron chi connectivity index (χ1n) is 9.60. The number of hydrogen-bond donors (Lipinski definition) is 0. The highest BCUT2D eigenvalue weighted by Gasteiger charge is 2.49. The van der Waals surface area contributed by atoms with Crippen LogP contribution in [0.5, 0.6) is 0 Å². The van der Waals surface area contributed by atoms with Gasteiger partial charge in [-0.3, -0.25) is 4.57 Å². The van der Waals surface area contributed by atoms with Crippen molar-refractivity contribution in [3.8, 4) is 0 Å². The highest BCUT2D eigenvalue weighted by atomic mass is 31.2. The molecule has 26 heavy (non-hydrogen) atoms. The number of hydrogen-bond acceptors (Lipinski definition) is 3. The second-order valence-corrected chi connectivity index (χ2v) is 10.8. The lowest BCUT2D eigenvalue weighted by molar-refractivity contribution is 0.378. The van der Waals surface area contributed by atoms with Crippen LogP contribution in [-0.2, 0) is 9.98 Å². The number of fused-ring (bicyclic) bond motifs is 1. The predicted octanol–water partition coefficient (Wildman–Crippen LogP) is 4.63. The normalized spacial score (nSPS) is 31.4. The molecule has 0 amide bonds. The number of hydrazone groups is 1. The van der Waals surface area contributed by atoms with Crippen LogP contribution in [0.2, 0.25) is 0 Å². The van der Waals surface area contributed by atoms with E-state index in [1.807, 2.05) is 13.3 Å². The molecule has 1 aromatic rings. The summed E-state index contributed by atoms with van der Waals surface area (Å²) in [7, 11) is 1.07. The summed E-state index contributed by atoms with van der Waals surface area (Å²) in [6, 6.07) is 8.50. The molecule has 1 saturated heterocycles. The lowest BCUT2D eigenvalue weighted by atomic mass is 9.84. The van der Waals surface area contributed by atoms with E-state index in [2.05, 4.69) is 59.8 Å². The Balaban J connectivity index is 1.87.